The van der Waals surface area contributed by atoms with E-state index in [0.29, 0.717) is 6.42 Å². The third kappa shape index (κ3) is 6.10. The van der Waals surface area contributed by atoms with Crippen LogP contribution in [-0.2, 0) is 4.79 Å². The van der Waals surface area contributed by atoms with E-state index in [4.69, 9.17) is 5.73 Å². The van der Waals surface area contributed by atoms with Gasteiger partial charge in [0, 0.05) is 25.9 Å². The Balaban J connectivity index is 2.03. The average molecular weight is 211 g/mol. The zero-order chi connectivity index (χ0) is 10.9. The van der Waals surface area contributed by atoms with Crippen molar-refractivity contribution in [3.05, 3.63) is 0 Å². The molecule has 0 bridgehead atoms. The second-order valence-corrected chi connectivity index (χ2v) is 3.99. The van der Waals surface area contributed by atoms with Gasteiger partial charge in [-0.05, 0) is 25.7 Å². The summed E-state index contributed by atoms with van der Waals surface area (Å²) in [5.74, 6) is 0.938. The van der Waals surface area contributed by atoms with Gasteiger partial charge < -0.3 is 11.1 Å². The highest BCUT2D eigenvalue weighted by molar-refractivity contribution is 5.82. The molecule has 0 atom stereocenters. The molecule has 0 saturated heterocycles. The van der Waals surface area contributed by atoms with Gasteiger partial charge in [-0.3, -0.25) is 9.79 Å². The molecule has 1 rings (SSSR count). The molecule has 4 nitrogen and oxygen atoms in total. The molecule has 1 aliphatic heterocycles. The zero-order valence-corrected chi connectivity index (χ0v) is 9.30. The number of unbranched alkanes of at least 4 members (excludes halogenated alkanes) is 1. The van der Waals surface area contributed by atoms with E-state index in [2.05, 4.69) is 10.3 Å². The summed E-state index contributed by atoms with van der Waals surface area (Å²) in [6.45, 7) is 1.87. The third-order valence-electron chi connectivity index (χ3n) is 2.55. The number of hydrogen-bond acceptors (Lipinski definition) is 3. The van der Waals surface area contributed by atoms with Crippen LogP contribution in [0.15, 0.2) is 4.99 Å². The predicted octanol–water partition coefficient (Wildman–Crippen LogP) is 1.20. The predicted molar refractivity (Wildman–Crippen MR) is 61.8 cm³/mol. The summed E-state index contributed by atoms with van der Waals surface area (Å²) in [5, 5.41) is 3.33. The molecule has 0 spiro atoms. The van der Waals surface area contributed by atoms with Gasteiger partial charge in [0.15, 0.2) is 0 Å². The van der Waals surface area contributed by atoms with E-state index in [1.807, 2.05) is 0 Å². The zero-order valence-electron chi connectivity index (χ0n) is 9.30. The van der Waals surface area contributed by atoms with E-state index in [1.54, 1.807) is 0 Å². The van der Waals surface area contributed by atoms with E-state index >= 15 is 0 Å². The number of carbonyl (C=O) groups excluding carboxylic acids is 1. The molecular weight excluding hydrogens is 190 g/mol. The Labute approximate surface area is 91.3 Å². The molecular formula is C11H21N3O. The number of primary amides is 1. The van der Waals surface area contributed by atoms with Crippen molar-refractivity contribution >= 4 is 11.7 Å². The molecule has 4 heteroatoms. The molecule has 0 unspecified atom stereocenters. The quantitative estimate of drug-likeness (QED) is 0.671. The van der Waals surface area contributed by atoms with Gasteiger partial charge in [0.1, 0.15) is 0 Å². The first-order chi connectivity index (χ1) is 7.29. The number of nitrogens with one attached hydrogen (secondary N) is 1. The minimum atomic E-state index is -0.207. The van der Waals surface area contributed by atoms with Gasteiger partial charge in [-0.25, -0.2) is 0 Å². The van der Waals surface area contributed by atoms with Crippen LogP contribution in [0.5, 0.6) is 0 Å². The van der Waals surface area contributed by atoms with Crippen LogP contribution >= 0.6 is 0 Å². The standard InChI is InChI=1S/C11H21N3O/c12-10(15)6-3-5-9-14-11-7-2-1-4-8-13-11/h1-9H2,(H2,12,15)(H,13,14). The van der Waals surface area contributed by atoms with Crippen molar-refractivity contribution in [1.29, 1.82) is 0 Å². The van der Waals surface area contributed by atoms with E-state index in [1.165, 1.54) is 19.3 Å². The van der Waals surface area contributed by atoms with Crippen molar-refractivity contribution in [3.63, 3.8) is 0 Å². The lowest BCUT2D eigenvalue weighted by Crippen LogP contribution is -2.24. The molecule has 0 aromatic heterocycles. The highest BCUT2D eigenvalue weighted by Gasteiger charge is 2.02. The van der Waals surface area contributed by atoms with Crippen LogP contribution in [0.1, 0.15) is 44.9 Å². The molecule has 0 fully saturated rings. The van der Waals surface area contributed by atoms with E-state index in [9.17, 15) is 4.79 Å². The summed E-state index contributed by atoms with van der Waals surface area (Å²) in [4.78, 5) is 15.0. The highest BCUT2D eigenvalue weighted by atomic mass is 16.1. The molecule has 1 amide bonds. The third-order valence-corrected chi connectivity index (χ3v) is 2.55. The van der Waals surface area contributed by atoms with Crippen LogP contribution in [0.4, 0.5) is 0 Å². The maximum absolute atomic E-state index is 10.5. The molecule has 0 aromatic carbocycles. The summed E-state index contributed by atoms with van der Waals surface area (Å²) in [7, 11) is 0. The number of aliphatic imine (C=N–C) groups is 1. The normalized spacial score (nSPS) is 16.7. The van der Waals surface area contributed by atoms with Gasteiger partial charge in [-0.2, -0.15) is 0 Å². The number of amidine groups is 1. The molecule has 0 saturated carbocycles. The van der Waals surface area contributed by atoms with Crippen molar-refractivity contribution in [2.24, 2.45) is 10.7 Å². The van der Waals surface area contributed by atoms with Crippen LogP contribution in [0, 0.1) is 0 Å². The Kier molecular flexibility index (Phi) is 5.81. The van der Waals surface area contributed by atoms with Gasteiger partial charge >= 0.3 is 0 Å². The van der Waals surface area contributed by atoms with Crippen LogP contribution in [0.25, 0.3) is 0 Å². The first kappa shape index (κ1) is 12.0. The Hall–Kier alpha value is -1.06. The van der Waals surface area contributed by atoms with Crippen molar-refractivity contribution in [2.45, 2.75) is 44.9 Å². The smallest absolute Gasteiger partial charge is 0.217 e. The van der Waals surface area contributed by atoms with Crippen molar-refractivity contribution in [2.75, 3.05) is 13.1 Å². The molecule has 0 aromatic rings. The maximum atomic E-state index is 10.5. The van der Waals surface area contributed by atoms with E-state index in [0.717, 1.165) is 38.2 Å². The Morgan fingerprint density at radius 2 is 2.20 bits per heavy atom. The van der Waals surface area contributed by atoms with E-state index < -0.39 is 0 Å². The Bertz CT molecular complexity index is 226. The SMILES string of the molecule is NC(=O)CCCCNC1=NCCCCC1. The molecule has 0 aliphatic carbocycles. The van der Waals surface area contributed by atoms with Crippen molar-refractivity contribution < 1.29 is 4.79 Å². The fourth-order valence-corrected chi connectivity index (χ4v) is 1.68. The molecule has 1 heterocycles. The number of rotatable bonds is 5. The number of amides is 1. The first-order valence-electron chi connectivity index (χ1n) is 5.84. The van der Waals surface area contributed by atoms with Crippen molar-refractivity contribution in [3.8, 4) is 0 Å². The lowest BCUT2D eigenvalue weighted by atomic mass is 10.2. The molecule has 0 radical (unpaired) electrons. The summed E-state index contributed by atoms with van der Waals surface area (Å²) in [5.41, 5.74) is 5.06. The largest absolute Gasteiger partial charge is 0.374 e. The van der Waals surface area contributed by atoms with E-state index in [-0.39, 0.29) is 5.91 Å². The first-order valence-corrected chi connectivity index (χ1v) is 5.84. The summed E-state index contributed by atoms with van der Waals surface area (Å²) >= 11 is 0. The lowest BCUT2D eigenvalue weighted by molar-refractivity contribution is -0.118. The minimum Gasteiger partial charge on any atom is -0.374 e. The summed E-state index contributed by atoms with van der Waals surface area (Å²) in [6, 6.07) is 0. The molecule has 15 heavy (non-hydrogen) atoms. The second kappa shape index (κ2) is 7.26. The van der Waals surface area contributed by atoms with Gasteiger partial charge in [-0.1, -0.05) is 6.42 Å². The van der Waals surface area contributed by atoms with Crippen molar-refractivity contribution in [1.82, 2.24) is 5.32 Å². The van der Waals surface area contributed by atoms with Gasteiger partial charge in [0.05, 0.1) is 5.84 Å². The summed E-state index contributed by atoms with van der Waals surface area (Å²) in [6.07, 6.45) is 7.18. The molecule has 1 aliphatic rings. The number of nitrogens with zero attached hydrogens (tertiary/aromatic N) is 1. The average Bonchev–Trinajstić information content (AvgIpc) is 2.45. The fourth-order valence-electron chi connectivity index (χ4n) is 1.68. The molecule has 86 valence electrons. The number of nitrogens with two attached hydrogens (primary N) is 1. The molecule has 3 N–H and O–H groups in total. The van der Waals surface area contributed by atoms with Gasteiger partial charge in [-0.15, -0.1) is 0 Å². The van der Waals surface area contributed by atoms with Gasteiger partial charge in [0.2, 0.25) is 5.91 Å². The summed E-state index contributed by atoms with van der Waals surface area (Å²) < 4.78 is 0. The second-order valence-electron chi connectivity index (χ2n) is 3.99. The van der Waals surface area contributed by atoms with Crippen LogP contribution in [0.3, 0.4) is 0 Å². The monoisotopic (exact) mass is 211 g/mol. The highest BCUT2D eigenvalue weighted by Crippen LogP contribution is 2.06. The topological polar surface area (TPSA) is 67.5 Å². The van der Waals surface area contributed by atoms with Crippen LogP contribution in [0.2, 0.25) is 0 Å². The lowest BCUT2D eigenvalue weighted by Gasteiger charge is -2.07. The minimum absolute atomic E-state index is 0.207. The maximum Gasteiger partial charge on any atom is 0.217 e. The van der Waals surface area contributed by atoms with Crippen LogP contribution < -0.4 is 11.1 Å². The Morgan fingerprint density at radius 1 is 1.33 bits per heavy atom. The van der Waals surface area contributed by atoms with Gasteiger partial charge in [0.25, 0.3) is 0 Å². The Morgan fingerprint density at radius 3 is 3.00 bits per heavy atom. The van der Waals surface area contributed by atoms with Crippen LogP contribution in [-0.4, -0.2) is 24.8 Å². The fraction of sp³-hybridized carbons (Fsp3) is 0.818. The number of hydrogen-bond donors (Lipinski definition) is 2. The number of carbonyl (C=O) groups is 1.